The maximum absolute atomic E-state index is 12.7. The number of esters is 1. The lowest BCUT2D eigenvalue weighted by atomic mass is 10.3. The zero-order valence-corrected chi connectivity index (χ0v) is 8.87. The van der Waals surface area contributed by atoms with Crippen LogP contribution in [0.3, 0.4) is 0 Å². The van der Waals surface area contributed by atoms with Crippen molar-refractivity contribution >= 4 is 11.7 Å². The summed E-state index contributed by atoms with van der Waals surface area (Å²) in [6.07, 6.45) is 0. The predicted molar refractivity (Wildman–Crippen MR) is 56.3 cm³/mol. The number of carbonyl (C=O) groups is 1. The second kappa shape index (κ2) is 5.34. The van der Waals surface area contributed by atoms with Crippen LogP contribution >= 0.6 is 0 Å². The third-order valence-electron chi connectivity index (χ3n) is 2.12. The van der Waals surface area contributed by atoms with E-state index in [1.165, 1.54) is 19.2 Å². The van der Waals surface area contributed by atoms with Crippen molar-refractivity contribution < 1.29 is 13.9 Å². The standard InChI is InChI=1S/C11H14FNO2/c1-3-13(8-11(14)15-2)10-6-4-9(12)5-7-10/h4-7H,3,8H2,1-2H3. The molecule has 1 aromatic carbocycles. The van der Waals surface area contributed by atoms with Crippen LogP contribution in [0.2, 0.25) is 0 Å². The molecule has 0 aliphatic carbocycles. The van der Waals surface area contributed by atoms with Crippen molar-refractivity contribution in [3.63, 3.8) is 0 Å². The van der Waals surface area contributed by atoms with Gasteiger partial charge in [0.1, 0.15) is 12.4 Å². The number of halogens is 1. The van der Waals surface area contributed by atoms with Crippen LogP contribution < -0.4 is 4.90 Å². The molecule has 0 aromatic heterocycles. The van der Waals surface area contributed by atoms with Gasteiger partial charge in [0.2, 0.25) is 0 Å². The van der Waals surface area contributed by atoms with Gasteiger partial charge in [-0.15, -0.1) is 0 Å². The summed E-state index contributed by atoms with van der Waals surface area (Å²) < 4.78 is 17.2. The van der Waals surface area contributed by atoms with Crippen molar-refractivity contribution in [1.82, 2.24) is 0 Å². The number of benzene rings is 1. The Hall–Kier alpha value is -1.58. The van der Waals surface area contributed by atoms with Crippen LogP contribution in [0.15, 0.2) is 24.3 Å². The SMILES string of the molecule is CCN(CC(=O)OC)c1ccc(F)cc1. The van der Waals surface area contributed by atoms with Gasteiger partial charge >= 0.3 is 5.97 Å². The first-order valence-electron chi connectivity index (χ1n) is 4.74. The van der Waals surface area contributed by atoms with Crippen LogP contribution in [-0.2, 0) is 9.53 Å². The van der Waals surface area contributed by atoms with Crippen LogP contribution in [0.1, 0.15) is 6.92 Å². The van der Waals surface area contributed by atoms with Crippen molar-refractivity contribution in [2.24, 2.45) is 0 Å². The van der Waals surface area contributed by atoms with Gasteiger partial charge < -0.3 is 9.64 Å². The van der Waals surface area contributed by atoms with Gasteiger partial charge in [-0.3, -0.25) is 4.79 Å². The minimum Gasteiger partial charge on any atom is -0.468 e. The monoisotopic (exact) mass is 211 g/mol. The number of ether oxygens (including phenoxy) is 1. The quantitative estimate of drug-likeness (QED) is 0.711. The maximum Gasteiger partial charge on any atom is 0.325 e. The molecule has 15 heavy (non-hydrogen) atoms. The van der Waals surface area contributed by atoms with Crippen molar-refractivity contribution in [3.8, 4) is 0 Å². The number of rotatable bonds is 4. The van der Waals surface area contributed by atoms with E-state index in [9.17, 15) is 9.18 Å². The fourth-order valence-electron chi connectivity index (χ4n) is 1.26. The highest BCUT2D eigenvalue weighted by Gasteiger charge is 2.09. The summed E-state index contributed by atoms with van der Waals surface area (Å²) in [7, 11) is 1.35. The highest BCUT2D eigenvalue weighted by atomic mass is 19.1. The van der Waals surface area contributed by atoms with Gasteiger partial charge in [0.15, 0.2) is 0 Å². The van der Waals surface area contributed by atoms with Crippen LogP contribution in [-0.4, -0.2) is 26.2 Å². The highest BCUT2D eigenvalue weighted by Crippen LogP contribution is 2.14. The van der Waals surface area contributed by atoms with Gasteiger partial charge in [-0.25, -0.2) is 4.39 Å². The summed E-state index contributed by atoms with van der Waals surface area (Å²) in [4.78, 5) is 12.9. The average molecular weight is 211 g/mol. The topological polar surface area (TPSA) is 29.5 Å². The summed E-state index contributed by atoms with van der Waals surface area (Å²) in [5.74, 6) is -0.589. The molecule has 4 heteroatoms. The predicted octanol–water partition coefficient (Wildman–Crippen LogP) is 1.82. The molecule has 0 spiro atoms. The van der Waals surface area contributed by atoms with Gasteiger partial charge in [0.25, 0.3) is 0 Å². The first-order chi connectivity index (χ1) is 7.17. The van der Waals surface area contributed by atoms with Crippen LogP contribution in [0, 0.1) is 5.82 Å². The number of nitrogens with zero attached hydrogens (tertiary/aromatic N) is 1. The molecule has 0 heterocycles. The number of anilines is 1. The maximum atomic E-state index is 12.7. The number of likely N-dealkylation sites (N-methyl/N-ethyl adjacent to an activating group) is 1. The summed E-state index contributed by atoms with van der Waals surface area (Å²) in [5, 5.41) is 0. The second-order valence-electron chi connectivity index (χ2n) is 3.07. The fourth-order valence-corrected chi connectivity index (χ4v) is 1.26. The largest absolute Gasteiger partial charge is 0.468 e. The van der Waals surface area contributed by atoms with Gasteiger partial charge in [0, 0.05) is 12.2 Å². The van der Waals surface area contributed by atoms with E-state index < -0.39 is 0 Å². The molecule has 1 rings (SSSR count). The third-order valence-corrected chi connectivity index (χ3v) is 2.12. The normalized spacial score (nSPS) is 9.80. The Kier molecular flexibility index (Phi) is 4.09. The molecule has 0 bridgehead atoms. The lowest BCUT2D eigenvalue weighted by molar-refractivity contribution is -0.138. The number of carbonyl (C=O) groups excluding carboxylic acids is 1. The minimum absolute atomic E-state index is 0.179. The molecule has 0 unspecified atom stereocenters. The summed E-state index contributed by atoms with van der Waals surface area (Å²) in [5.41, 5.74) is 0.810. The van der Waals surface area contributed by atoms with E-state index in [0.29, 0.717) is 6.54 Å². The van der Waals surface area contributed by atoms with Gasteiger partial charge in [0.05, 0.1) is 7.11 Å². The van der Waals surface area contributed by atoms with E-state index in [1.54, 1.807) is 12.1 Å². The van der Waals surface area contributed by atoms with Crippen molar-refractivity contribution in [2.75, 3.05) is 25.1 Å². The molecule has 0 aliphatic heterocycles. The molecular weight excluding hydrogens is 197 g/mol. The zero-order valence-electron chi connectivity index (χ0n) is 8.87. The second-order valence-corrected chi connectivity index (χ2v) is 3.07. The number of hydrogen-bond acceptors (Lipinski definition) is 3. The van der Waals surface area contributed by atoms with Crippen LogP contribution in [0.4, 0.5) is 10.1 Å². The summed E-state index contributed by atoms with van der Waals surface area (Å²) in [6, 6.07) is 6.02. The van der Waals surface area contributed by atoms with Crippen molar-refractivity contribution in [3.05, 3.63) is 30.1 Å². The molecule has 0 amide bonds. The van der Waals surface area contributed by atoms with Crippen molar-refractivity contribution in [2.45, 2.75) is 6.92 Å². The Balaban J connectivity index is 2.74. The Morgan fingerprint density at radius 2 is 2.00 bits per heavy atom. The molecule has 3 nitrogen and oxygen atoms in total. The molecule has 1 aromatic rings. The van der Waals surface area contributed by atoms with E-state index in [0.717, 1.165) is 5.69 Å². The highest BCUT2D eigenvalue weighted by molar-refractivity contribution is 5.75. The van der Waals surface area contributed by atoms with E-state index >= 15 is 0 Å². The lowest BCUT2D eigenvalue weighted by Crippen LogP contribution is -2.30. The van der Waals surface area contributed by atoms with Crippen LogP contribution in [0.5, 0.6) is 0 Å². The molecule has 0 saturated carbocycles. The molecule has 0 fully saturated rings. The van der Waals surface area contributed by atoms with Gasteiger partial charge in [-0.05, 0) is 31.2 Å². The van der Waals surface area contributed by atoms with Crippen molar-refractivity contribution in [1.29, 1.82) is 0 Å². The Morgan fingerprint density at radius 3 is 2.47 bits per heavy atom. The van der Waals surface area contributed by atoms with E-state index in [1.807, 2.05) is 11.8 Å². The van der Waals surface area contributed by atoms with Gasteiger partial charge in [-0.1, -0.05) is 0 Å². The van der Waals surface area contributed by atoms with Gasteiger partial charge in [-0.2, -0.15) is 0 Å². The average Bonchev–Trinajstić information content (AvgIpc) is 2.27. The summed E-state index contributed by atoms with van der Waals surface area (Å²) >= 11 is 0. The van der Waals surface area contributed by atoms with Crippen LogP contribution in [0.25, 0.3) is 0 Å². The third kappa shape index (κ3) is 3.23. The molecule has 82 valence electrons. The summed E-state index contributed by atoms with van der Waals surface area (Å²) in [6.45, 7) is 2.77. The Morgan fingerprint density at radius 1 is 1.40 bits per heavy atom. The molecule has 0 atom stereocenters. The molecule has 0 saturated heterocycles. The number of hydrogen-bond donors (Lipinski definition) is 0. The van der Waals surface area contributed by atoms with E-state index in [-0.39, 0.29) is 18.3 Å². The Bertz CT molecular complexity index is 324. The molecule has 0 aliphatic rings. The minimum atomic E-state index is -0.304. The fraction of sp³-hybridized carbons (Fsp3) is 0.364. The van der Waals surface area contributed by atoms with E-state index in [4.69, 9.17) is 0 Å². The molecule has 0 radical (unpaired) electrons. The first kappa shape index (κ1) is 11.5. The first-order valence-corrected chi connectivity index (χ1v) is 4.74. The smallest absolute Gasteiger partial charge is 0.325 e. The molecule has 0 N–H and O–H groups in total. The lowest BCUT2D eigenvalue weighted by Gasteiger charge is -2.21. The van der Waals surface area contributed by atoms with E-state index in [2.05, 4.69) is 4.74 Å². The molecular formula is C11H14FNO2. The Labute approximate surface area is 88.5 Å². The number of methoxy groups -OCH3 is 1. The zero-order chi connectivity index (χ0) is 11.3.